The molecule has 0 spiro atoms. The van der Waals surface area contributed by atoms with Crippen molar-refractivity contribution in [3.05, 3.63) is 29.3 Å². The number of aliphatic hydroxyl groups excluding tert-OH is 1. The van der Waals surface area contributed by atoms with Crippen LogP contribution in [0.3, 0.4) is 0 Å². The largest absolute Gasteiger partial charge is 0.396 e. The molecule has 0 radical (unpaired) electrons. The molecule has 0 saturated heterocycles. The Morgan fingerprint density at radius 1 is 1.41 bits per heavy atom. The average molecular weight is 251 g/mol. The average Bonchev–Trinajstić information content (AvgIpc) is 2.98. The van der Waals surface area contributed by atoms with E-state index in [0.29, 0.717) is 0 Å². The molecule has 5 heteroatoms. The van der Waals surface area contributed by atoms with Crippen LogP contribution in [0.15, 0.2) is 23.7 Å². The van der Waals surface area contributed by atoms with Crippen molar-refractivity contribution < 1.29 is 5.11 Å². The molecule has 0 aliphatic rings. The summed E-state index contributed by atoms with van der Waals surface area (Å²) in [4.78, 5) is 1.22. The number of H-pyrrole nitrogens is 1. The Kier molecular flexibility index (Phi) is 4.73. The van der Waals surface area contributed by atoms with Crippen LogP contribution in [-0.2, 0) is 6.54 Å². The first-order valence-electron chi connectivity index (χ1n) is 5.79. The summed E-state index contributed by atoms with van der Waals surface area (Å²) in [7, 11) is 0. The number of nitrogens with one attached hydrogen (secondary N) is 2. The Labute approximate surface area is 105 Å². The van der Waals surface area contributed by atoms with Gasteiger partial charge in [0.25, 0.3) is 0 Å². The van der Waals surface area contributed by atoms with E-state index in [-0.39, 0.29) is 6.61 Å². The Morgan fingerprint density at radius 3 is 3.12 bits per heavy atom. The molecule has 0 aromatic carbocycles. The third-order valence-electron chi connectivity index (χ3n) is 2.56. The minimum absolute atomic E-state index is 0.272. The summed E-state index contributed by atoms with van der Waals surface area (Å²) in [6, 6.07) is 4.13. The van der Waals surface area contributed by atoms with Crippen molar-refractivity contribution in [2.75, 3.05) is 13.2 Å². The number of aromatic nitrogens is 2. The van der Waals surface area contributed by atoms with Crippen LogP contribution in [0.1, 0.15) is 18.4 Å². The zero-order chi connectivity index (χ0) is 11.9. The zero-order valence-corrected chi connectivity index (χ0v) is 10.5. The number of aliphatic hydroxyl groups is 1. The fourth-order valence-electron chi connectivity index (χ4n) is 1.66. The Hall–Kier alpha value is -1.17. The van der Waals surface area contributed by atoms with E-state index >= 15 is 0 Å². The summed E-state index contributed by atoms with van der Waals surface area (Å²) in [6.07, 6.45) is 3.73. The third-order valence-corrected chi connectivity index (χ3v) is 3.45. The monoisotopic (exact) mass is 251 g/mol. The molecule has 2 aromatic heterocycles. The van der Waals surface area contributed by atoms with Gasteiger partial charge in [0.15, 0.2) is 0 Å². The highest BCUT2D eigenvalue weighted by atomic mass is 32.1. The van der Waals surface area contributed by atoms with Crippen LogP contribution in [0.25, 0.3) is 10.6 Å². The number of aromatic amines is 1. The van der Waals surface area contributed by atoms with Gasteiger partial charge in [-0.3, -0.25) is 5.10 Å². The molecule has 2 heterocycles. The van der Waals surface area contributed by atoms with Gasteiger partial charge in [0, 0.05) is 18.7 Å². The van der Waals surface area contributed by atoms with Gasteiger partial charge in [-0.15, -0.1) is 11.3 Å². The maximum absolute atomic E-state index is 8.68. The molecule has 0 saturated carbocycles. The fourth-order valence-corrected chi connectivity index (χ4v) is 2.42. The van der Waals surface area contributed by atoms with E-state index in [1.54, 1.807) is 11.3 Å². The van der Waals surface area contributed by atoms with Crippen molar-refractivity contribution >= 4 is 11.3 Å². The highest BCUT2D eigenvalue weighted by Crippen LogP contribution is 2.25. The van der Waals surface area contributed by atoms with Gasteiger partial charge >= 0.3 is 0 Å². The second-order valence-electron chi connectivity index (χ2n) is 3.86. The van der Waals surface area contributed by atoms with Crippen LogP contribution in [0, 0.1) is 0 Å². The van der Waals surface area contributed by atoms with Crippen molar-refractivity contribution in [1.82, 2.24) is 15.5 Å². The van der Waals surface area contributed by atoms with E-state index in [2.05, 4.69) is 27.0 Å². The zero-order valence-electron chi connectivity index (χ0n) is 9.65. The standard InChI is InChI=1S/C12H17N3OS/c16-6-2-1-5-13-8-10-9-14-15-12(10)11-4-3-7-17-11/h3-4,7,9,13,16H,1-2,5-6,8H2,(H,14,15). The number of unbranched alkanes of at least 4 members (excludes halogenated alkanes) is 1. The van der Waals surface area contributed by atoms with Gasteiger partial charge in [0.1, 0.15) is 0 Å². The highest BCUT2D eigenvalue weighted by molar-refractivity contribution is 7.13. The van der Waals surface area contributed by atoms with E-state index in [1.807, 2.05) is 12.3 Å². The first kappa shape index (κ1) is 12.3. The van der Waals surface area contributed by atoms with Gasteiger partial charge in [-0.2, -0.15) is 5.10 Å². The lowest BCUT2D eigenvalue weighted by atomic mass is 10.2. The first-order chi connectivity index (χ1) is 8.42. The summed E-state index contributed by atoms with van der Waals surface area (Å²) in [5.74, 6) is 0. The predicted octanol–water partition coefficient (Wildman–Crippen LogP) is 2.00. The second kappa shape index (κ2) is 6.54. The second-order valence-corrected chi connectivity index (χ2v) is 4.80. The maximum Gasteiger partial charge on any atom is 0.0794 e. The number of rotatable bonds is 7. The summed E-state index contributed by atoms with van der Waals surface area (Å²) in [6.45, 7) is 2.01. The van der Waals surface area contributed by atoms with Crippen molar-refractivity contribution in [2.45, 2.75) is 19.4 Å². The SMILES string of the molecule is OCCCCNCc1cn[nH]c1-c1cccs1. The Bertz CT molecular complexity index is 425. The van der Waals surface area contributed by atoms with Crippen molar-refractivity contribution in [3.63, 3.8) is 0 Å². The molecule has 0 aliphatic carbocycles. The molecule has 3 N–H and O–H groups in total. The number of nitrogens with zero attached hydrogens (tertiary/aromatic N) is 1. The van der Waals surface area contributed by atoms with Crippen LogP contribution >= 0.6 is 11.3 Å². The van der Waals surface area contributed by atoms with Gasteiger partial charge < -0.3 is 10.4 Å². The molecular weight excluding hydrogens is 234 g/mol. The summed E-state index contributed by atoms with van der Waals surface area (Å²) < 4.78 is 0. The van der Waals surface area contributed by atoms with Crippen LogP contribution in [0.2, 0.25) is 0 Å². The highest BCUT2D eigenvalue weighted by Gasteiger charge is 2.07. The maximum atomic E-state index is 8.68. The molecule has 0 bridgehead atoms. The Morgan fingerprint density at radius 2 is 2.35 bits per heavy atom. The normalized spacial score (nSPS) is 10.9. The number of hydrogen-bond donors (Lipinski definition) is 3. The molecule has 0 unspecified atom stereocenters. The first-order valence-corrected chi connectivity index (χ1v) is 6.67. The topological polar surface area (TPSA) is 60.9 Å². The van der Waals surface area contributed by atoms with E-state index in [9.17, 15) is 0 Å². The molecule has 4 nitrogen and oxygen atoms in total. The molecule has 0 fully saturated rings. The molecule has 0 aliphatic heterocycles. The van der Waals surface area contributed by atoms with Gasteiger partial charge in [0.2, 0.25) is 0 Å². The van der Waals surface area contributed by atoms with Gasteiger partial charge in [0.05, 0.1) is 16.8 Å². The molecule has 17 heavy (non-hydrogen) atoms. The van der Waals surface area contributed by atoms with E-state index in [0.717, 1.165) is 31.6 Å². The van der Waals surface area contributed by atoms with Gasteiger partial charge in [-0.1, -0.05) is 6.07 Å². The Balaban J connectivity index is 1.87. The summed E-state index contributed by atoms with van der Waals surface area (Å²) >= 11 is 1.71. The smallest absolute Gasteiger partial charge is 0.0794 e. The van der Waals surface area contributed by atoms with Crippen molar-refractivity contribution in [1.29, 1.82) is 0 Å². The lowest BCUT2D eigenvalue weighted by Gasteiger charge is -2.03. The van der Waals surface area contributed by atoms with Crippen molar-refractivity contribution in [3.8, 4) is 10.6 Å². The minimum Gasteiger partial charge on any atom is -0.396 e. The molecule has 0 amide bonds. The quantitative estimate of drug-likeness (QED) is 0.660. The third kappa shape index (κ3) is 3.39. The van der Waals surface area contributed by atoms with E-state index in [1.165, 1.54) is 10.4 Å². The summed E-state index contributed by atoms with van der Waals surface area (Å²) in [5, 5.41) is 21.2. The summed E-state index contributed by atoms with van der Waals surface area (Å²) in [5.41, 5.74) is 2.30. The van der Waals surface area contributed by atoms with Crippen LogP contribution in [-0.4, -0.2) is 28.5 Å². The molecular formula is C12H17N3OS. The van der Waals surface area contributed by atoms with Crippen molar-refractivity contribution in [2.24, 2.45) is 0 Å². The molecule has 0 atom stereocenters. The fraction of sp³-hybridized carbons (Fsp3) is 0.417. The van der Waals surface area contributed by atoms with E-state index in [4.69, 9.17) is 5.11 Å². The van der Waals surface area contributed by atoms with Crippen LogP contribution in [0.5, 0.6) is 0 Å². The van der Waals surface area contributed by atoms with Gasteiger partial charge in [-0.25, -0.2) is 0 Å². The van der Waals surface area contributed by atoms with Gasteiger partial charge in [-0.05, 0) is 30.8 Å². The predicted molar refractivity (Wildman–Crippen MR) is 69.9 cm³/mol. The molecule has 92 valence electrons. The lowest BCUT2D eigenvalue weighted by molar-refractivity contribution is 0.283. The van der Waals surface area contributed by atoms with Crippen LogP contribution in [0.4, 0.5) is 0 Å². The minimum atomic E-state index is 0.272. The molecule has 2 aromatic rings. The van der Waals surface area contributed by atoms with Crippen LogP contribution < -0.4 is 5.32 Å². The van der Waals surface area contributed by atoms with E-state index < -0.39 is 0 Å². The lowest BCUT2D eigenvalue weighted by Crippen LogP contribution is -2.15. The molecule has 2 rings (SSSR count). The number of hydrogen-bond acceptors (Lipinski definition) is 4. The number of thiophene rings is 1.